The zero-order valence-corrected chi connectivity index (χ0v) is 10.6. The van der Waals surface area contributed by atoms with Gasteiger partial charge in [0.2, 0.25) is 0 Å². The highest BCUT2D eigenvalue weighted by atomic mass is 79.9. The first-order valence-electron chi connectivity index (χ1n) is 3.68. The average molecular weight is 299 g/mol. The quantitative estimate of drug-likeness (QED) is 0.872. The number of nitrogen functional groups attached to an aromatic ring is 1. The second-order valence-electron chi connectivity index (χ2n) is 2.56. The van der Waals surface area contributed by atoms with Crippen molar-refractivity contribution in [3.05, 3.63) is 21.6 Å². The number of ether oxygens (including phenoxy) is 1. The van der Waals surface area contributed by atoms with Gasteiger partial charge in [-0.2, -0.15) is 0 Å². The molecule has 6 heteroatoms. The molecule has 0 aliphatic heterocycles. The number of nitrogens with two attached hydrogens (primary N) is 1. The molecule has 0 aromatic heterocycles. The molecule has 0 bridgehead atoms. The Balaban J connectivity index is 3.09. The minimum Gasteiger partial charge on any atom is -0.397 e. The van der Waals surface area contributed by atoms with E-state index in [-0.39, 0.29) is 5.94 Å². The van der Waals surface area contributed by atoms with Crippen LogP contribution in [0.15, 0.2) is 21.5 Å². The Kier molecular flexibility index (Phi) is 4.37. The van der Waals surface area contributed by atoms with E-state index in [1.54, 1.807) is 12.1 Å². The van der Waals surface area contributed by atoms with Crippen LogP contribution in [-0.4, -0.2) is 17.3 Å². The molecule has 1 aromatic carbocycles. The molecule has 1 rings (SSSR count). The van der Waals surface area contributed by atoms with Gasteiger partial charge in [0.25, 0.3) is 0 Å². The summed E-state index contributed by atoms with van der Waals surface area (Å²) in [5.74, 6) is 0.138. The predicted octanol–water partition coefficient (Wildman–Crippen LogP) is 2.40. The maximum absolute atomic E-state index is 11.6. The number of hydrogen-bond acceptors (Lipinski definition) is 3. The Labute approximate surface area is 98.2 Å². The maximum Gasteiger partial charge on any atom is 0.126 e. The standard InChI is InChI=1S/C8H9BrClNO2S/c1-13-4-14(12)8-3-6(10)7(11)2-5(8)9/h2-3H,4,11H2,1H3. The van der Waals surface area contributed by atoms with Gasteiger partial charge >= 0.3 is 0 Å². The van der Waals surface area contributed by atoms with Crippen LogP contribution in [0.1, 0.15) is 0 Å². The molecule has 78 valence electrons. The van der Waals surface area contributed by atoms with Crippen molar-refractivity contribution in [1.82, 2.24) is 0 Å². The first-order valence-corrected chi connectivity index (χ1v) is 6.17. The zero-order valence-electron chi connectivity index (χ0n) is 7.42. The minimum atomic E-state index is -1.22. The number of rotatable bonds is 3. The topological polar surface area (TPSA) is 52.3 Å². The van der Waals surface area contributed by atoms with Crippen molar-refractivity contribution in [2.45, 2.75) is 4.90 Å². The van der Waals surface area contributed by atoms with Crippen LogP contribution < -0.4 is 5.73 Å². The van der Waals surface area contributed by atoms with Gasteiger partial charge in [-0.1, -0.05) is 11.6 Å². The molecule has 0 fully saturated rings. The summed E-state index contributed by atoms with van der Waals surface area (Å²) in [5.41, 5.74) is 6.03. The van der Waals surface area contributed by atoms with E-state index in [0.29, 0.717) is 20.1 Å². The largest absolute Gasteiger partial charge is 0.397 e. The van der Waals surface area contributed by atoms with Crippen LogP contribution in [0.5, 0.6) is 0 Å². The van der Waals surface area contributed by atoms with Crippen LogP contribution in [0.2, 0.25) is 5.02 Å². The summed E-state index contributed by atoms with van der Waals surface area (Å²) in [6.45, 7) is 0. The number of benzene rings is 1. The van der Waals surface area contributed by atoms with E-state index < -0.39 is 10.8 Å². The van der Waals surface area contributed by atoms with E-state index >= 15 is 0 Å². The zero-order chi connectivity index (χ0) is 10.7. The number of methoxy groups -OCH3 is 1. The first-order chi connectivity index (χ1) is 6.56. The number of halogens is 2. The van der Waals surface area contributed by atoms with Gasteiger partial charge in [-0.05, 0) is 28.1 Å². The smallest absolute Gasteiger partial charge is 0.126 e. The molecule has 0 aliphatic rings. The van der Waals surface area contributed by atoms with Crippen molar-refractivity contribution in [3.8, 4) is 0 Å². The van der Waals surface area contributed by atoms with Crippen molar-refractivity contribution in [3.63, 3.8) is 0 Å². The highest BCUT2D eigenvalue weighted by Crippen LogP contribution is 2.29. The van der Waals surface area contributed by atoms with E-state index in [1.165, 1.54) is 7.11 Å². The maximum atomic E-state index is 11.6. The van der Waals surface area contributed by atoms with E-state index in [0.717, 1.165) is 0 Å². The van der Waals surface area contributed by atoms with Crippen molar-refractivity contribution >= 4 is 44.0 Å². The molecule has 14 heavy (non-hydrogen) atoms. The first kappa shape index (κ1) is 12.0. The second kappa shape index (κ2) is 5.11. The molecule has 3 nitrogen and oxygen atoms in total. The van der Waals surface area contributed by atoms with Gasteiger partial charge in [0.1, 0.15) is 5.94 Å². The van der Waals surface area contributed by atoms with Gasteiger partial charge in [0.05, 0.1) is 26.4 Å². The van der Waals surface area contributed by atoms with Gasteiger partial charge in [0, 0.05) is 11.6 Å². The Hall–Kier alpha value is -0.100. The monoisotopic (exact) mass is 297 g/mol. The van der Waals surface area contributed by atoms with Crippen LogP contribution in [0.3, 0.4) is 0 Å². The van der Waals surface area contributed by atoms with E-state index in [4.69, 9.17) is 22.1 Å². The molecule has 1 aromatic rings. The second-order valence-corrected chi connectivity index (χ2v) is 5.18. The Morgan fingerprint density at radius 1 is 1.64 bits per heavy atom. The molecular formula is C8H9BrClNO2S. The summed E-state index contributed by atoms with van der Waals surface area (Å²) in [7, 11) is 0.268. The number of hydrogen-bond donors (Lipinski definition) is 1. The molecule has 0 radical (unpaired) electrons. The summed E-state index contributed by atoms with van der Waals surface area (Å²) >= 11 is 9.07. The normalized spacial score (nSPS) is 12.8. The lowest BCUT2D eigenvalue weighted by molar-refractivity contribution is 0.254. The molecule has 0 heterocycles. The molecule has 0 saturated carbocycles. The van der Waals surface area contributed by atoms with Gasteiger partial charge < -0.3 is 10.5 Å². The Morgan fingerprint density at radius 3 is 2.86 bits per heavy atom. The van der Waals surface area contributed by atoms with Gasteiger partial charge in [-0.15, -0.1) is 0 Å². The fourth-order valence-electron chi connectivity index (χ4n) is 0.889. The van der Waals surface area contributed by atoms with E-state index in [2.05, 4.69) is 15.9 Å². The molecule has 0 amide bonds. The summed E-state index contributed by atoms with van der Waals surface area (Å²) in [4.78, 5) is 0.589. The van der Waals surface area contributed by atoms with Crippen LogP contribution in [0.4, 0.5) is 5.69 Å². The number of anilines is 1. The lowest BCUT2D eigenvalue weighted by atomic mass is 10.3. The molecule has 0 spiro atoms. The minimum absolute atomic E-state index is 0.138. The highest BCUT2D eigenvalue weighted by Gasteiger charge is 2.10. The SMILES string of the molecule is COCS(=O)c1cc(Cl)c(N)cc1Br. The average Bonchev–Trinajstić information content (AvgIpc) is 2.11. The van der Waals surface area contributed by atoms with E-state index in [1.807, 2.05) is 0 Å². The summed E-state index contributed by atoms with van der Waals surface area (Å²) in [6.07, 6.45) is 0. The van der Waals surface area contributed by atoms with Crippen LogP contribution in [-0.2, 0) is 15.5 Å². The Morgan fingerprint density at radius 2 is 2.29 bits per heavy atom. The molecule has 0 saturated heterocycles. The third-order valence-electron chi connectivity index (χ3n) is 1.52. The molecule has 0 aliphatic carbocycles. The fraction of sp³-hybridized carbons (Fsp3) is 0.250. The van der Waals surface area contributed by atoms with Gasteiger partial charge in [-0.25, -0.2) is 0 Å². The lowest BCUT2D eigenvalue weighted by Gasteiger charge is -2.06. The van der Waals surface area contributed by atoms with E-state index in [9.17, 15) is 4.21 Å². The molecule has 1 unspecified atom stereocenters. The van der Waals surface area contributed by atoms with Gasteiger partial charge in [0.15, 0.2) is 0 Å². The molecule has 2 N–H and O–H groups in total. The molecular weight excluding hydrogens is 290 g/mol. The van der Waals surface area contributed by atoms with Crippen molar-refractivity contribution in [2.75, 3.05) is 18.8 Å². The molecule has 1 atom stereocenters. The van der Waals surface area contributed by atoms with Crippen LogP contribution in [0, 0.1) is 0 Å². The third-order valence-corrected chi connectivity index (χ3v) is 4.05. The fourth-order valence-corrected chi connectivity index (χ4v) is 2.89. The summed E-state index contributed by atoms with van der Waals surface area (Å²) < 4.78 is 17.0. The highest BCUT2D eigenvalue weighted by molar-refractivity contribution is 9.10. The third kappa shape index (κ3) is 2.70. The van der Waals surface area contributed by atoms with Crippen LogP contribution in [0.25, 0.3) is 0 Å². The predicted molar refractivity (Wildman–Crippen MR) is 61.8 cm³/mol. The van der Waals surface area contributed by atoms with Crippen molar-refractivity contribution < 1.29 is 8.95 Å². The summed E-state index contributed by atoms with van der Waals surface area (Å²) in [5, 5.41) is 0.396. The van der Waals surface area contributed by atoms with Crippen molar-refractivity contribution in [1.29, 1.82) is 0 Å². The van der Waals surface area contributed by atoms with Crippen molar-refractivity contribution in [2.24, 2.45) is 0 Å². The lowest BCUT2D eigenvalue weighted by Crippen LogP contribution is -2.01. The van der Waals surface area contributed by atoms with Gasteiger partial charge in [-0.3, -0.25) is 4.21 Å². The summed E-state index contributed by atoms with van der Waals surface area (Å²) in [6, 6.07) is 3.21. The Bertz CT molecular complexity index is 373. The van der Waals surface area contributed by atoms with Crippen LogP contribution >= 0.6 is 27.5 Å².